The Bertz CT molecular complexity index is 1240. The van der Waals surface area contributed by atoms with E-state index in [0.717, 1.165) is 40.8 Å². The van der Waals surface area contributed by atoms with E-state index in [4.69, 9.17) is 9.47 Å². The third kappa shape index (κ3) is 8.09. The van der Waals surface area contributed by atoms with Crippen LogP contribution in [0.2, 0.25) is 0 Å². The number of hydrogen-bond acceptors (Lipinski definition) is 4. The number of carbonyl (C=O) groups is 1. The van der Waals surface area contributed by atoms with Gasteiger partial charge in [-0.2, -0.15) is 0 Å². The molecule has 2 atom stereocenters. The summed E-state index contributed by atoms with van der Waals surface area (Å²) in [5.74, 6) is -1.40. The van der Waals surface area contributed by atoms with Gasteiger partial charge in [0.1, 0.15) is 17.3 Å². The normalized spacial score (nSPS) is 12.9. The highest BCUT2D eigenvalue weighted by Gasteiger charge is 2.40. The molecule has 0 bridgehead atoms. The minimum Gasteiger partial charge on any atom is -0.494 e. The zero-order chi connectivity index (χ0) is 29.6. The predicted octanol–water partition coefficient (Wildman–Crippen LogP) is 7.65. The number of hydrogen-bond donors (Lipinski definition) is 2. The summed E-state index contributed by atoms with van der Waals surface area (Å²) in [5.41, 5.74) is 2.59. The molecule has 0 aliphatic rings. The van der Waals surface area contributed by atoms with Gasteiger partial charge in [-0.15, -0.1) is 0 Å². The van der Waals surface area contributed by atoms with Gasteiger partial charge < -0.3 is 19.7 Å². The predicted molar refractivity (Wildman–Crippen MR) is 167 cm³/mol. The highest BCUT2D eigenvalue weighted by molar-refractivity contribution is 5.71. The van der Waals surface area contributed by atoms with Gasteiger partial charge in [0.2, 0.25) is 0 Å². The zero-order valence-corrected chi connectivity index (χ0v) is 24.4. The van der Waals surface area contributed by atoms with E-state index in [1.165, 1.54) is 12.8 Å². The Morgan fingerprint density at radius 1 is 0.762 bits per heavy atom. The van der Waals surface area contributed by atoms with Crippen molar-refractivity contribution in [2.24, 2.45) is 5.92 Å². The van der Waals surface area contributed by atoms with Gasteiger partial charge >= 0.3 is 5.97 Å². The summed E-state index contributed by atoms with van der Waals surface area (Å²) < 4.78 is 12.6. The molecule has 220 valence electrons. The van der Waals surface area contributed by atoms with Crippen molar-refractivity contribution in [1.29, 1.82) is 0 Å². The fraction of sp³-hybridized carbons (Fsp3) is 0.324. The van der Waals surface area contributed by atoms with Gasteiger partial charge in [0, 0.05) is 0 Å². The van der Waals surface area contributed by atoms with Crippen molar-refractivity contribution in [3.05, 3.63) is 138 Å². The lowest BCUT2D eigenvalue weighted by atomic mass is 9.80. The van der Waals surface area contributed by atoms with Crippen LogP contribution in [0.3, 0.4) is 0 Å². The number of ether oxygens (including phenoxy) is 2. The molecule has 0 radical (unpaired) electrons. The third-order valence-electron chi connectivity index (χ3n) is 7.70. The van der Waals surface area contributed by atoms with Crippen LogP contribution in [0, 0.1) is 5.92 Å². The molecule has 0 aliphatic carbocycles. The number of aliphatic hydroxyl groups is 1. The molecule has 0 fully saturated rings. The lowest BCUT2D eigenvalue weighted by Crippen LogP contribution is -2.39. The van der Waals surface area contributed by atoms with Crippen molar-refractivity contribution < 1.29 is 24.5 Å². The average molecular weight is 567 g/mol. The SMILES string of the molecule is CCCCCCOc1cccc(CCC(O)C(COC(c2ccccc2)(c2ccccc2)c2ccccc2)C(=O)O)c1. The van der Waals surface area contributed by atoms with E-state index in [-0.39, 0.29) is 13.0 Å². The van der Waals surface area contributed by atoms with Crippen molar-refractivity contribution in [2.45, 2.75) is 57.2 Å². The second kappa shape index (κ2) is 15.9. The number of aryl methyl sites for hydroxylation is 1. The summed E-state index contributed by atoms with van der Waals surface area (Å²) >= 11 is 0. The summed E-state index contributed by atoms with van der Waals surface area (Å²) in [6, 6.07) is 37.3. The van der Waals surface area contributed by atoms with E-state index in [1.54, 1.807) is 0 Å². The first kappa shape index (κ1) is 31.0. The lowest BCUT2D eigenvalue weighted by molar-refractivity contribution is -0.151. The van der Waals surface area contributed by atoms with Crippen LogP contribution in [-0.4, -0.2) is 35.5 Å². The molecular weight excluding hydrogens is 524 g/mol. The molecule has 0 heterocycles. The molecule has 5 nitrogen and oxygen atoms in total. The Balaban J connectivity index is 1.51. The minimum absolute atomic E-state index is 0.171. The second-order valence-corrected chi connectivity index (χ2v) is 10.7. The van der Waals surface area contributed by atoms with E-state index in [2.05, 4.69) is 6.92 Å². The van der Waals surface area contributed by atoms with E-state index in [9.17, 15) is 15.0 Å². The molecule has 0 aliphatic heterocycles. The first-order valence-corrected chi connectivity index (χ1v) is 15.0. The van der Waals surface area contributed by atoms with Crippen molar-refractivity contribution in [1.82, 2.24) is 0 Å². The molecule has 0 saturated heterocycles. The molecule has 0 saturated carbocycles. The number of benzene rings is 4. The number of rotatable bonds is 17. The minimum atomic E-state index is -1.11. The van der Waals surface area contributed by atoms with Crippen LogP contribution in [0.5, 0.6) is 5.75 Å². The molecule has 4 rings (SSSR count). The Morgan fingerprint density at radius 2 is 1.33 bits per heavy atom. The summed E-state index contributed by atoms with van der Waals surface area (Å²) in [4.78, 5) is 12.5. The van der Waals surface area contributed by atoms with Crippen LogP contribution >= 0.6 is 0 Å². The Hall–Kier alpha value is -3.93. The van der Waals surface area contributed by atoms with Crippen molar-refractivity contribution >= 4 is 5.97 Å². The molecule has 0 aromatic heterocycles. The molecular formula is C37H42O5. The molecule has 4 aromatic rings. The number of carboxylic acids is 1. The van der Waals surface area contributed by atoms with E-state index >= 15 is 0 Å². The standard InChI is InChI=1S/C37H42O5/c1-2-3-4-14-26-41-33-23-15-16-29(27-33)24-25-35(38)34(36(39)40)28-42-37(30-17-8-5-9-18-30,31-19-10-6-11-20-31)32-21-12-7-13-22-32/h5-13,15-23,27,34-35,38H,2-4,14,24-26,28H2,1H3,(H,39,40). The Kier molecular flexibility index (Phi) is 11.7. The van der Waals surface area contributed by atoms with Crippen LogP contribution in [0.15, 0.2) is 115 Å². The molecule has 5 heteroatoms. The third-order valence-corrected chi connectivity index (χ3v) is 7.70. The number of aliphatic carboxylic acids is 1. The van der Waals surface area contributed by atoms with Crippen molar-refractivity contribution in [2.75, 3.05) is 13.2 Å². The number of aliphatic hydroxyl groups excluding tert-OH is 1. The van der Waals surface area contributed by atoms with Crippen LogP contribution in [0.1, 0.15) is 61.3 Å². The molecule has 2 unspecified atom stereocenters. The van der Waals surface area contributed by atoms with Crippen LogP contribution in [-0.2, 0) is 21.6 Å². The largest absolute Gasteiger partial charge is 0.494 e. The molecule has 2 N–H and O–H groups in total. The highest BCUT2D eigenvalue weighted by Crippen LogP contribution is 2.41. The zero-order valence-electron chi connectivity index (χ0n) is 24.4. The Labute approximate surface area is 249 Å². The smallest absolute Gasteiger partial charge is 0.311 e. The topological polar surface area (TPSA) is 76.0 Å². The van der Waals surface area contributed by atoms with Gasteiger partial charge in [0.25, 0.3) is 0 Å². The molecule has 0 amide bonds. The first-order valence-electron chi connectivity index (χ1n) is 15.0. The summed E-state index contributed by atoms with van der Waals surface area (Å²) in [5, 5.41) is 21.3. The van der Waals surface area contributed by atoms with Crippen LogP contribution in [0.25, 0.3) is 0 Å². The lowest BCUT2D eigenvalue weighted by Gasteiger charge is -2.37. The van der Waals surface area contributed by atoms with Gasteiger partial charge in [0.05, 0.1) is 19.3 Å². The first-order chi connectivity index (χ1) is 20.5. The van der Waals surface area contributed by atoms with Crippen molar-refractivity contribution in [3.8, 4) is 5.75 Å². The van der Waals surface area contributed by atoms with Gasteiger partial charge in [-0.25, -0.2) is 0 Å². The van der Waals surface area contributed by atoms with Crippen LogP contribution < -0.4 is 4.74 Å². The summed E-state index contributed by atoms with van der Waals surface area (Å²) in [7, 11) is 0. The Morgan fingerprint density at radius 3 is 1.86 bits per heavy atom. The molecule has 42 heavy (non-hydrogen) atoms. The van der Waals surface area contributed by atoms with E-state index in [0.29, 0.717) is 13.0 Å². The number of carboxylic acid groups (broad SMARTS) is 1. The van der Waals surface area contributed by atoms with E-state index < -0.39 is 23.6 Å². The maximum atomic E-state index is 12.5. The quantitative estimate of drug-likeness (QED) is 0.101. The maximum absolute atomic E-state index is 12.5. The van der Waals surface area contributed by atoms with E-state index in [1.807, 2.05) is 115 Å². The maximum Gasteiger partial charge on any atom is 0.311 e. The highest BCUT2D eigenvalue weighted by atomic mass is 16.5. The van der Waals surface area contributed by atoms with Gasteiger partial charge in [-0.1, -0.05) is 129 Å². The average Bonchev–Trinajstić information content (AvgIpc) is 3.03. The fourth-order valence-corrected chi connectivity index (χ4v) is 5.36. The second-order valence-electron chi connectivity index (χ2n) is 10.7. The van der Waals surface area contributed by atoms with Gasteiger partial charge in [0.15, 0.2) is 0 Å². The van der Waals surface area contributed by atoms with Gasteiger partial charge in [-0.3, -0.25) is 4.79 Å². The van der Waals surface area contributed by atoms with Gasteiger partial charge in [-0.05, 0) is 53.6 Å². The van der Waals surface area contributed by atoms with Crippen LogP contribution in [0.4, 0.5) is 0 Å². The fourth-order valence-electron chi connectivity index (χ4n) is 5.36. The molecule has 0 spiro atoms. The van der Waals surface area contributed by atoms with Crippen molar-refractivity contribution in [3.63, 3.8) is 0 Å². The number of unbranched alkanes of at least 4 members (excludes halogenated alkanes) is 3. The monoisotopic (exact) mass is 566 g/mol. The summed E-state index contributed by atoms with van der Waals surface area (Å²) in [6.07, 6.45) is 4.29. The molecule has 4 aromatic carbocycles. The summed E-state index contributed by atoms with van der Waals surface area (Å²) in [6.45, 7) is 2.69.